The van der Waals surface area contributed by atoms with E-state index in [1.54, 1.807) is 18.2 Å². The van der Waals surface area contributed by atoms with Crippen molar-refractivity contribution in [3.05, 3.63) is 78.6 Å². The Morgan fingerprint density at radius 1 is 1.07 bits per heavy atom. The molecule has 0 unspecified atom stereocenters. The standard InChI is InChI=1S/C19H22O4.2C2H6.C2H4/c1-4-6-7-18(5-2)23-19(22)9-8-16(20)12-15-10-14(3)11-17(21)13-15;3*1-2/h4,6-11,13,21H,5,12H2,1-3H3;2*1-2H3;1-2H2/b6-4-,9-8-,18-7+;;;. The molecule has 4 heteroatoms. The van der Waals surface area contributed by atoms with Crippen molar-refractivity contribution in [1.29, 1.82) is 0 Å². The van der Waals surface area contributed by atoms with Gasteiger partial charge in [-0.3, -0.25) is 4.79 Å². The highest BCUT2D eigenvalue weighted by molar-refractivity contribution is 5.97. The molecule has 0 aromatic heterocycles. The van der Waals surface area contributed by atoms with Gasteiger partial charge in [0.15, 0.2) is 5.78 Å². The maximum absolute atomic E-state index is 11.9. The number of esters is 1. The van der Waals surface area contributed by atoms with Gasteiger partial charge in [0, 0.05) is 18.9 Å². The van der Waals surface area contributed by atoms with Crippen molar-refractivity contribution < 1.29 is 19.4 Å². The Kier molecular flexibility index (Phi) is 22.8. The third-order valence-corrected chi connectivity index (χ3v) is 2.96. The van der Waals surface area contributed by atoms with Crippen molar-refractivity contribution in [1.82, 2.24) is 0 Å². The number of rotatable bonds is 7. The van der Waals surface area contributed by atoms with Crippen LogP contribution in [0.5, 0.6) is 5.75 Å². The lowest BCUT2D eigenvalue weighted by atomic mass is 10.1. The lowest BCUT2D eigenvalue weighted by Crippen LogP contribution is -2.03. The number of ketones is 1. The quantitative estimate of drug-likeness (QED) is 0.183. The Balaban J connectivity index is -0.00000103. The number of aryl methyl sites for hydroxylation is 1. The van der Waals surface area contributed by atoms with E-state index in [4.69, 9.17) is 4.74 Å². The van der Waals surface area contributed by atoms with Crippen LogP contribution in [0.3, 0.4) is 0 Å². The first-order chi connectivity index (χ1) is 13.9. The van der Waals surface area contributed by atoms with Crippen molar-refractivity contribution in [2.75, 3.05) is 0 Å². The first-order valence-electron chi connectivity index (χ1n) is 9.98. The lowest BCUT2D eigenvalue weighted by molar-refractivity contribution is -0.134. The number of allylic oxidation sites excluding steroid dienone is 5. The Morgan fingerprint density at radius 2 is 1.66 bits per heavy atom. The summed E-state index contributed by atoms with van der Waals surface area (Å²) in [6.07, 6.45) is 8.35. The van der Waals surface area contributed by atoms with E-state index in [0.717, 1.165) is 11.6 Å². The van der Waals surface area contributed by atoms with Crippen LogP contribution in [0.4, 0.5) is 0 Å². The number of ether oxygens (including phenoxy) is 1. The Bertz CT molecular complexity index is 647. The molecule has 0 saturated heterocycles. The Hall–Kier alpha value is -2.88. The third kappa shape index (κ3) is 17.0. The van der Waals surface area contributed by atoms with Gasteiger partial charge in [-0.1, -0.05) is 52.8 Å². The molecular weight excluding hydrogens is 364 g/mol. The van der Waals surface area contributed by atoms with E-state index >= 15 is 0 Å². The zero-order valence-electron chi connectivity index (χ0n) is 19.1. The zero-order valence-corrected chi connectivity index (χ0v) is 19.1. The molecule has 0 aliphatic carbocycles. The Labute approximate surface area is 177 Å². The average molecular weight is 403 g/mol. The molecule has 1 aromatic rings. The molecule has 0 radical (unpaired) electrons. The van der Waals surface area contributed by atoms with Crippen LogP contribution in [-0.2, 0) is 20.7 Å². The SMILES string of the molecule is C/C=C\C=C(/CC)OC(=O)/C=C\C(=O)Cc1cc(C)cc(O)c1.C=C.CC.CC. The molecule has 0 aliphatic heterocycles. The Morgan fingerprint density at radius 3 is 2.14 bits per heavy atom. The summed E-state index contributed by atoms with van der Waals surface area (Å²) >= 11 is 0. The number of benzene rings is 1. The van der Waals surface area contributed by atoms with Crippen LogP contribution in [0.1, 0.15) is 59.1 Å². The van der Waals surface area contributed by atoms with Crippen molar-refractivity contribution in [3.63, 3.8) is 0 Å². The minimum atomic E-state index is -0.581. The fourth-order valence-electron chi connectivity index (χ4n) is 1.95. The summed E-state index contributed by atoms with van der Waals surface area (Å²) in [5, 5.41) is 9.51. The minimum absolute atomic E-state index is 0.119. The van der Waals surface area contributed by atoms with E-state index in [1.807, 2.05) is 60.6 Å². The predicted octanol–water partition coefficient (Wildman–Crippen LogP) is 6.64. The third-order valence-electron chi connectivity index (χ3n) is 2.96. The second-order valence-electron chi connectivity index (χ2n) is 5.09. The molecule has 0 heterocycles. The van der Waals surface area contributed by atoms with Gasteiger partial charge < -0.3 is 9.84 Å². The molecule has 0 amide bonds. The molecular formula is C25H38O4. The van der Waals surface area contributed by atoms with E-state index in [-0.39, 0.29) is 18.0 Å². The normalized spacial score (nSPS) is 10.1. The molecule has 1 N–H and O–H groups in total. The fraction of sp³-hybridized carbons (Fsp3) is 0.360. The second-order valence-corrected chi connectivity index (χ2v) is 5.09. The number of phenols is 1. The lowest BCUT2D eigenvalue weighted by Gasteiger charge is -2.03. The summed E-state index contributed by atoms with van der Waals surface area (Å²) < 4.78 is 5.13. The molecule has 1 rings (SSSR count). The first kappa shape index (κ1) is 30.8. The van der Waals surface area contributed by atoms with Gasteiger partial charge in [0.2, 0.25) is 0 Å². The zero-order chi connectivity index (χ0) is 23.2. The molecule has 4 nitrogen and oxygen atoms in total. The van der Waals surface area contributed by atoms with Gasteiger partial charge in [-0.25, -0.2) is 4.79 Å². The first-order valence-corrected chi connectivity index (χ1v) is 9.98. The van der Waals surface area contributed by atoms with Crippen LogP contribution in [-0.4, -0.2) is 16.9 Å². The van der Waals surface area contributed by atoms with Gasteiger partial charge in [-0.2, -0.15) is 0 Å². The molecule has 0 bridgehead atoms. The predicted molar refractivity (Wildman–Crippen MR) is 124 cm³/mol. The number of hydrogen-bond acceptors (Lipinski definition) is 4. The number of hydrogen-bond donors (Lipinski definition) is 1. The number of carbonyl (C=O) groups excluding carboxylic acids is 2. The molecule has 0 aliphatic rings. The molecule has 29 heavy (non-hydrogen) atoms. The summed E-state index contributed by atoms with van der Waals surface area (Å²) in [4.78, 5) is 23.5. The van der Waals surface area contributed by atoms with Gasteiger partial charge in [0.05, 0.1) is 0 Å². The summed E-state index contributed by atoms with van der Waals surface area (Å²) in [5.74, 6) is -0.155. The largest absolute Gasteiger partial charge is 0.508 e. The average Bonchev–Trinajstić information content (AvgIpc) is 2.73. The molecule has 0 atom stereocenters. The van der Waals surface area contributed by atoms with E-state index in [9.17, 15) is 14.7 Å². The van der Waals surface area contributed by atoms with Gasteiger partial charge in [-0.15, -0.1) is 13.2 Å². The highest BCUT2D eigenvalue weighted by Gasteiger charge is 2.05. The van der Waals surface area contributed by atoms with Crippen molar-refractivity contribution >= 4 is 11.8 Å². The van der Waals surface area contributed by atoms with Crippen molar-refractivity contribution in [2.45, 2.75) is 61.3 Å². The van der Waals surface area contributed by atoms with Crippen LogP contribution >= 0.6 is 0 Å². The van der Waals surface area contributed by atoms with Crippen LogP contribution < -0.4 is 0 Å². The summed E-state index contributed by atoms with van der Waals surface area (Å²) in [7, 11) is 0. The van der Waals surface area contributed by atoms with E-state index < -0.39 is 5.97 Å². The van der Waals surface area contributed by atoms with Gasteiger partial charge in [0.1, 0.15) is 11.5 Å². The second kappa shape index (κ2) is 21.4. The molecule has 1 aromatic carbocycles. The van der Waals surface area contributed by atoms with Crippen molar-refractivity contribution in [3.8, 4) is 5.75 Å². The highest BCUT2D eigenvalue weighted by Crippen LogP contribution is 2.15. The van der Waals surface area contributed by atoms with Crippen LogP contribution in [0.15, 0.2) is 67.5 Å². The van der Waals surface area contributed by atoms with E-state index in [0.29, 0.717) is 17.7 Å². The number of phenolic OH excluding ortho intramolecular Hbond substituents is 1. The van der Waals surface area contributed by atoms with Crippen molar-refractivity contribution in [2.24, 2.45) is 0 Å². The molecule has 0 fully saturated rings. The molecule has 162 valence electrons. The summed E-state index contributed by atoms with van der Waals surface area (Å²) in [5.41, 5.74) is 1.57. The van der Waals surface area contributed by atoms with Crippen LogP contribution in [0, 0.1) is 6.92 Å². The van der Waals surface area contributed by atoms with Gasteiger partial charge in [0.25, 0.3) is 0 Å². The fourth-order valence-corrected chi connectivity index (χ4v) is 1.95. The van der Waals surface area contributed by atoms with E-state index in [1.165, 1.54) is 12.1 Å². The number of aromatic hydroxyl groups is 1. The van der Waals surface area contributed by atoms with E-state index in [2.05, 4.69) is 13.2 Å². The maximum Gasteiger partial charge on any atom is 0.335 e. The smallest absolute Gasteiger partial charge is 0.335 e. The topological polar surface area (TPSA) is 63.6 Å². The van der Waals surface area contributed by atoms with Crippen LogP contribution in [0.25, 0.3) is 0 Å². The maximum atomic E-state index is 11.9. The van der Waals surface area contributed by atoms with Gasteiger partial charge in [-0.05, 0) is 49.3 Å². The summed E-state index contributed by atoms with van der Waals surface area (Å²) in [6, 6.07) is 4.97. The summed E-state index contributed by atoms with van der Waals surface area (Å²) in [6.45, 7) is 19.6. The van der Waals surface area contributed by atoms with Crippen LogP contribution in [0.2, 0.25) is 0 Å². The minimum Gasteiger partial charge on any atom is -0.508 e. The highest BCUT2D eigenvalue weighted by atomic mass is 16.5. The number of carbonyl (C=O) groups is 2. The molecule has 0 saturated carbocycles. The monoisotopic (exact) mass is 402 g/mol. The molecule has 0 spiro atoms. The van der Waals surface area contributed by atoms with Gasteiger partial charge >= 0.3 is 5.97 Å².